The van der Waals surface area contributed by atoms with Crippen LogP contribution in [0.3, 0.4) is 0 Å². The molecule has 1 fully saturated rings. The van der Waals surface area contributed by atoms with E-state index in [0.717, 1.165) is 23.7 Å². The van der Waals surface area contributed by atoms with Crippen molar-refractivity contribution >= 4 is 43.3 Å². The lowest BCUT2D eigenvalue weighted by molar-refractivity contribution is 0.0715. The van der Waals surface area contributed by atoms with Crippen LogP contribution in [0.5, 0.6) is 11.5 Å². The van der Waals surface area contributed by atoms with E-state index in [1.165, 1.54) is 12.1 Å². The van der Waals surface area contributed by atoms with Gasteiger partial charge in [-0.05, 0) is 68.7 Å². The summed E-state index contributed by atoms with van der Waals surface area (Å²) < 4.78 is 54.1. The Kier molecular flexibility index (Phi) is 6.72. The van der Waals surface area contributed by atoms with E-state index in [9.17, 15) is 17.1 Å². The Morgan fingerprint density at radius 2 is 1.88 bits per heavy atom. The third-order valence-electron chi connectivity index (χ3n) is 7.27. The molecule has 3 heterocycles. The largest absolute Gasteiger partial charge is 0.490 e. The molecule has 6 rings (SSSR count). The predicted molar refractivity (Wildman–Crippen MR) is 156 cm³/mol. The van der Waals surface area contributed by atoms with Crippen molar-refractivity contribution in [2.24, 2.45) is 0 Å². The van der Waals surface area contributed by atoms with Crippen molar-refractivity contribution in [2.75, 3.05) is 13.2 Å². The number of nitrogens with zero attached hydrogens (tertiary/aromatic N) is 1. The number of nitrogens with one attached hydrogen (secondary N) is 1. The standard InChI is InChI=1S/C31H27FN2O6S/c1-4-19-8-9-23-26(14-19)33-31-29(23)30(35)25-17-28(39-18(2)3)24(16-27(25)34(31)21-10-12-38-13-11-21)20-6-5-7-22(15-20)40-41(32,36)37/h1,5-9,14-18,21,33H,10-13H2,2-3H3. The Bertz CT molecular complexity index is 2030. The molecule has 3 aromatic carbocycles. The summed E-state index contributed by atoms with van der Waals surface area (Å²) in [4.78, 5) is 17.6. The van der Waals surface area contributed by atoms with Gasteiger partial charge in [-0.1, -0.05) is 28.0 Å². The van der Waals surface area contributed by atoms with Gasteiger partial charge in [0, 0.05) is 41.3 Å². The summed E-state index contributed by atoms with van der Waals surface area (Å²) in [6.07, 6.45) is 6.91. The van der Waals surface area contributed by atoms with Gasteiger partial charge in [0.05, 0.1) is 22.4 Å². The van der Waals surface area contributed by atoms with E-state index >= 15 is 0 Å². The van der Waals surface area contributed by atoms with Gasteiger partial charge in [-0.2, -0.15) is 8.42 Å². The van der Waals surface area contributed by atoms with Crippen molar-refractivity contribution in [3.8, 4) is 35.0 Å². The Labute approximate surface area is 236 Å². The fraction of sp³-hybridized carbons (Fsp3) is 0.258. The molecule has 5 aromatic rings. The molecule has 0 unspecified atom stereocenters. The van der Waals surface area contributed by atoms with E-state index < -0.39 is 10.5 Å². The summed E-state index contributed by atoms with van der Waals surface area (Å²) in [5.41, 5.74) is 3.80. The number of halogens is 1. The van der Waals surface area contributed by atoms with E-state index in [1.807, 2.05) is 38.1 Å². The van der Waals surface area contributed by atoms with Crippen molar-refractivity contribution in [3.05, 3.63) is 70.4 Å². The third kappa shape index (κ3) is 5.03. The number of fused-ring (bicyclic) bond motifs is 4. The van der Waals surface area contributed by atoms with E-state index in [2.05, 4.69) is 19.7 Å². The zero-order chi connectivity index (χ0) is 28.9. The molecule has 10 heteroatoms. The van der Waals surface area contributed by atoms with Gasteiger partial charge in [-0.15, -0.1) is 6.42 Å². The van der Waals surface area contributed by atoms with Crippen molar-refractivity contribution < 1.29 is 26.0 Å². The molecule has 0 radical (unpaired) electrons. The van der Waals surface area contributed by atoms with Crippen LogP contribution in [0.4, 0.5) is 3.89 Å². The summed E-state index contributed by atoms with van der Waals surface area (Å²) in [5, 5.41) is 1.82. The van der Waals surface area contributed by atoms with Gasteiger partial charge in [0.25, 0.3) is 0 Å². The summed E-state index contributed by atoms with van der Waals surface area (Å²) >= 11 is 0. The lowest BCUT2D eigenvalue weighted by Gasteiger charge is -2.28. The van der Waals surface area contributed by atoms with Gasteiger partial charge < -0.3 is 23.2 Å². The zero-order valence-electron chi connectivity index (χ0n) is 22.4. The first-order valence-corrected chi connectivity index (χ1v) is 14.6. The number of H-pyrrole nitrogens is 1. The number of hydrogen-bond donors (Lipinski definition) is 1. The molecule has 0 spiro atoms. The van der Waals surface area contributed by atoms with E-state index in [-0.39, 0.29) is 23.3 Å². The number of benzene rings is 3. The highest BCUT2D eigenvalue weighted by Gasteiger charge is 2.25. The monoisotopic (exact) mass is 574 g/mol. The first kappa shape index (κ1) is 26.9. The summed E-state index contributed by atoms with van der Waals surface area (Å²) in [6, 6.07) is 15.3. The lowest BCUT2D eigenvalue weighted by Crippen LogP contribution is -2.22. The fourth-order valence-electron chi connectivity index (χ4n) is 5.62. The van der Waals surface area contributed by atoms with E-state index in [0.29, 0.717) is 57.6 Å². The second-order valence-corrected chi connectivity index (χ2v) is 11.3. The minimum absolute atomic E-state index is 0.0329. The average molecular weight is 575 g/mol. The van der Waals surface area contributed by atoms with Crippen LogP contribution >= 0.6 is 0 Å². The number of terminal acetylenes is 1. The summed E-state index contributed by atoms with van der Waals surface area (Å²) in [7, 11) is -5.21. The highest BCUT2D eigenvalue weighted by molar-refractivity contribution is 7.81. The van der Waals surface area contributed by atoms with Crippen LogP contribution in [0.2, 0.25) is 0 Å². The summed E-state index contributed by atoms with van der Waals surface area (Å²) in [6.45, 7) is 4.91. The number of hydrogen-bond acceptors (Lipinski definition) is 6. The Morgan fingerprint density at radius 1 is 1.10 bits per heavy atom. The van der Waals surface area contributed by atoms with Crippen molar-refractivity contribution in [1.29, 1.82) is 0 Å². The molecule has 0 aliphatic carbocycles. The molecule has 0 atom stereocenters. The SMILES string of the molecule is C#Cc1ccc2c(c1)[nH]c1c2c(=O)c2cc(OC(C)C)c(-c3cccc(OS(=O)(=O)F)c3)cc2n1C1CCOCC1. The van der Waals surface area contributed by atoms with Crippen molar-refractivity contribution in [2.45, 2.75) is 38.8 Å². The minimum atomic E-state index is -5.21. The van der Waals surface area contributed by atoms with Crippen LogP contribution in [0.25, 0.3) is 44.0 Å². The van der Waals surface area contributed by atoms with Crippen LogP contribution in [0, 0.1) is 12.3 Å². The highest BCUT2D eigenvalue weighted by atomic mass is 32.3. The smallest absolute Gasteiger partial charge is 0.488 e. The second kappa shape index (κ2) is 10.3. The molecule has 0 amide bonds. The molecular formula is C31H27FN2O6S. The molecular weight excluding hydrogens is 547 g/mol. The van der Waals surface area contributed by atoms with Gasteiger partial charge in [0.15, 0.2) is 5.43 Å². The van der Waals surface area contributed by atoms with Gasteiger partial charge >= 0.3 is 10.5 Å². The molecule has 2 aromatic heterocycles. The second-order valence-electron chi connectivity index (χ2n) is 10.3. The first-order chi connectivity index (χ1) is 19.6. The molecule has 0 bridgehead atoms. The van der Waals surface area contributed by atoms with Gasteiger partial charge in [-0.25, -0.2) is 0 Å². The molecule has 8 nitrogen and oxygen atoms in total. The van der Waals surface area contributed by atoms with Crippen LogP contribution in [-0.2, 0) is 15.2 Å². The van der Waals surface area contributed by atoms with Crippen molar-refractivity contribution in [1.82, 2.24) is 9.55 Å². The van der Waals surface area contributed by atoms with Crippen LogP contribution in [0.15, 0.2) is 59.4 Å². The Morgan fingerprint density at radius 3 is 2.59 bits per heavy atom. The van der Waals surface area contributed by atoms with Crippen molar-refractivity contribution in [3.63, 3.8) is 0 Å². The van der Waals surface area contributed by atoms with Gasteiger partial charge in [0.1, 0.15) is 17.1 Å². The van der Waals surface area contributed by atoms with Crippen LogP contribution in [0.1, 0.15) is 38.3 Å². The number of ether oxygens (including phenoxy) is 2. The predicted octanol–water partition coefficient (Wildman–Crippen LogP) is 6.02. The molecule has 1 aliphatic rings. The lowest BCUT2D eigenvalue weighted by atomic mass is 9.99. The normalized spacial score (nSPS) is 14.6. The quantitative estimate of drug-likeness (QED) is 0.197. The Balaban J connectivity index is 1.70. The molecule has 1 saturated heterocycles. The maximum absolute atomic E-state index is 14.2. The highest BCUT2D eigenvalue weighted by Crippen LogP contribution is 2.39. The Hall–Kier alpha value is -4.33. The molecule has 0 saturated carbocycles. The number of rotatable bonds is 6. The number of aromatic nitrogens is 2. The van der Waals surface area contributed by atoms with Gasteiger partial charge in [0.2, 0.25) is 0 Å². The topological polar surface area (TPSA) is 99.6 Å². The zero-order valence-corrected chi connectivity index (χ0v) is 23.3. The van der Waals surface area contributed by atoms with Gasteiger partial charge in [-0.3, -0.25) is 4.79 Å². The molecule has 1 aliphatic heterocycles. The minimum Gasteiger partial charge on any atom is -0.490 e. The third-order valence-corrected chi connectivity index (χ3v) is 7.67. The maximum Gasteiger partial charge on any atom is 0.488 e. The average Bonchev–Trinajstić information content (AvgIpc) is 3.31. The fourth-order valence-corrected chi connectivity index (χ4v) is 5.95. The molecule has 1 N–H and O–H groups in total. The molecule has 210 valence electrons. The number of pyridine rings is 1. The van der Waals surface area contributed by atoms with E-state index in [1.54, 1.807) is 18.2 Å². The van der Waals surface area contributed by atoms with E-state index in [4.69, 9.17) is 15.9 Å². The molecule has 41 heavy (non-hydrogen) atoms. The maximum atomic E-state index is 14.2. The van der Waals surface area contributed by atoms with Crippen LogP contribution < -0.4 is 14.3 Å². The number of aromatic amines is 1. The van der Waals surface area contributed by atoms with Crippen LogP contribution in [-0.4, -0.2) is 37.3 Å². The summed E-state index contributed by atoms with van der Waals surface area (Å²) in [5.74, 6) is 2.89. The first-order valence-electron chi connectivity index (χ1n) is 13.3.